The maximum atomic E-state index is 13.4. The Labute approximate surface area is 175 Å². The van der Waals surface area contributed by atoms with E-state index in [1.165, 1.54) is 12.1 Å². The Morgan fingerprint density at radius 3 is 2.77 bits per heavy atom. The van der Waals surface area contributed by atoms with Crippen LogP contribution in [-0.2, 0) is 27.3 Å². The zero-order valence-electron chi connectivity index (χ0n) is 16.6. The summed E-state index contributed by atoms with van der Waals surface area (Å²) in [5, 5.41) is 1.70. The fraction of sp³-hybridized carbons (Fsp3) is 0.261. The largest absolute Gasteiger partial charge is 0.488 e. The van der Waals surface area contributed by atoms with Gasteiger partial charge in [0.05, 0.1) is 13.3 Å². The van der Waals surface area contributed by atoms with Gasteiger partial charge in [-0.1, -0.05) is 42.5 Å². The Bertz CT molecular complexity index is 946. The van der Waals surface area contributed by atoms with Crippen LogP contribution in [0.4, 0.5) is 4.39 Å². The van der Waals surface area contributed by atoms with Crippen molar-refractivity contribution >= 4 is 5.91 Å². The third kappa shape index (κ3) is 4.87. The topological polar surface area (TPSA) is 54.0 Å². The quantitative estimate of drug-likeness (QED) is 0.795. The van der Waals surface area contributed by atoms with Gasteiger partial charge >= 0.3 is 0 Å². The number of carbonyl (C=O) groups is 1. The van der Waals surface area contributed by atoms with E-state index in [1.54, 1.807) is 22.2 Å². The van der Waals surface area contributed by atoms with Gasteiger partial charge in [0.15, 0.2) is 11.5 Å². The molecule has 7 heteroatoms. The Hall–Kier alpha value is -3.16. The minimum absolute atomic E-state index is 0.150. The van der Waals surface area contributed by atoms with E-state index in [2.05, 4.69) is 5.43 Å². The van der Waals surface area contributed by atoms with E-state index in [0.717, 1.165) is 11.1 Å². The first-order valence-electron chi connectivity index (χ1n) is 9.91. The van der Waals surface area contributed by atoms with Crippen LogP contribution in [0.2, 0.25) is 0 Å². The second-order valence-electron chi connectivity index (χ2n) is 7.08. The summed E-state index contributed by atoms with van der Waals surface area (Å²) in [5.74, 6) is 0.0582. The molecule has 1 fully saturated rings. The normalized spacial score (nSPS) is 20.4. The maximum absolute atomic E-state index is 13.4. The van der Waals surface area contributed by atoms with E-state index in [0.29, 0.717) is 44.3 Å². The van der Waals surface area contributed by atoms with Crippen molar-refractivity contribution in [3.63, 3.8) is 0 Å². The number of rotatable bonds is 6. The molecule has 156 valence electrons. The van der Waals surface area contributed by atoms with Crippen molar-refractivity contribution in [2.45, 2.75) is 13.0 Å². The van der Waals surface area contributed by atoms with E-state index in [-0.39, 0.29) is 18.3 Å². The molecule has 0 aliphatic carbocycles. The van der Waals surface area contributed by atoms with E-state index >= 15 is 0 Å². The fourth-order valence-electron chi connectivity index (χ4n) is 3.37. The molecule has 0 aromatic heterocycles. The summed E-state index contributed by atoms with van der Waals surface area (Å²) in [6, 6.07) is 16.2. The fourth-order valence-corrected chi connectivity index (χ4v) is 3.37. The van der Waals surface area contributed by atoms with Crippen LogP contribution in [0.15, 0.2) is 78.3 Å². The lowest BCUT2D eigenvalue weighted by Crippen LogP contribution is -2.55. The molecule has 2 heterocycles. The van der Waals surface area contributed by atoms with Crippen LogP contribution in [0.1, 0.15) is 11.1 Å². The first-order valence-corrected chi connectivity index (χ1v) is 9.91. The maximum Gasteiger partial charge on any atom is 0.276 e. The lowest BCUT2D eigenvalue weighted by molar-refractivity contribution is -0.133. The Kier molecular flexibility index (Phi) is 6.41. The average molecular weight is 409 g/mol. The molecule has 1 amide bonds. The van der Waals surface area contributed by atoms with Crippen LogP contribution >= 0.6 is 0 Å². The molecule has 1 saturated heterocycles. The molecule has 0 bridgehead atoms. The number of benzene rings is 2. The van der Waals surface area contributed by atoms with Crippen molar-refractivity contribution in [2.24, 2.45) is 0 Å². The van der Waals surface area contributed by atoms with Gasteiger partial charge in [0.25, 0.3) is 5.91 Å². The van der Waals surface area contributed by atoms with Gasteiger partial charge in [0, 0.05) is 12.7 Å². The molecule has 0 unspecified atom stereocenters. The summed E-state index contributed by atoms with van der Waals surface area (Å²) >= 11 is 0. The number of amides is 1. The van der Waals surface area contributed by atoms with Crippen molar-refractivity contribution in [2.75, 3.05) is 26.4 Å². The van der Waals surface area contributed by atoms with E-state index in [9.17, 15) is 9.18 Å². The highest BCUT2D eigenvalue weighted by Gasteiger charge is 2.32. The molecule has 0 atom stereocenters. The van der Waals surface area contributed by atoms with E-state index in [4.69, 9.17) is 9.47 Å². The van der Waals surface area contributed by atoms with Crippen molar-refractivity contribution in [3.8, 4) is 0 Å². The number of halogens is 1. The van der Waals surface area contributed by atoms with Crippen LogP contribution in [0.5, 0.6) is 0 Å². The van der Waals surface area contributed by atoms with Crippen LogP contribution in [0, 0.1) is 5.82 Å². The second kappa shape index (κ2) is 9.56. The molecule has 0 spiro atoms. The zero-order valence-corrected chi connectivity index (χ0v) is 16.6. The highest BCUT2D eigenvalue weighted by Crippen LogP contribution is 2.21. The number of hydrogen-bond donors (Lipinski definition) is 1. The molecule has 0 radical (unpaired) electrons. The first-order chi connectivity index (χ1) is 14.7. The molecule has 0 saturated carbocycles. The minimum Gasteiger partial charge on any atom is -0.488 e. The molecule has 2 aliphatic heterocycles. The smallest absolute Gasteiger partial charge is 0.276 e. The van der Waals surface area contributed by atoms with Gasteiger partial charge in [-0.05, 0) is 35.8 Å². The summed E-state index contributed by atoms with van der Waals surface area (Å²) in [6.07, 6.45) is 4.18. The third-order valence-electron chi connectivity index (χ3n) is 4.94. The summed E-state index contributed by atoms with van der Waals surface area (Å²) in [4.78, 5) is 15.0. The van der Waals surface area contributed by atoms with Crippen LogP contribution in [0.25, 0.3) is 0 Å². The highest BCUT2D eigenvalue weighted by molar-refractivity contribution is 5.94. The minimum atomic E-state index is -0.275. The number of carbonyl (C=O) groups excluding carboxylic acids is 1. The lowest BCUT2D eigenvalue weighted by atomic mass is 10.1. The van der Waals surface area contributed by atoms with Gasteiger partial charge < -0.3 is 14.4 Å². The average Bonchev–Trinajstić information content (AvgIpc) is 2.74. The number of fused-ring (bicyclic) bond motifs is 1. The van der Waals surface area contributed by atoms with Crippen molar-refractivity contribution in [1.29, 1.82) is 0 Å². The molecular formula is C23H24FN3O3. The van der Waals surface area contributed by atoms with Gasteiger partial charge in [-0.3, -0.25) is 9.80 Å². The highest BCUT2D eigenvalue weighted by atomic mass is 19.1. The molecule has 30 heavy (non-hydrogen) atoms. The van der Waals surface area contributed by atoms with Crippen molar-refractivity contribution in [1.82, 2.24) is 15.3 Å². The van der Waals surface area contributed by atoms with Crippen LogP contribution < -0.4 is 5.43 Å². The molecule has 6 nitrogen and oxygen atoms in total. The molecule has 4 rings (SSSR count). The number of nitrogens with one attached hydrogen (secondary N) is 1. The molecule has 1 N–H and O–H groups in total. The van der Waals surface area contributed by atoms with Gasteiger partial charge in [-0.25, -0.2) is 9.82 Å². The summed E-state index contributed by atoms with van der Waals surface area (Å²) in [5.41, 5.74) is 5.49. The third-order valence-corrected chi connectivity index (χ3v) is 4.94. The standard InChI is InChI=1S/C23H24FN3O3/c24-20-9-4-8-18(14-20)10-12-26-17-25-27-11-5-13-29-16-21(22(27)23(26)28)30-15-19-6-2-1-3-7-19/h1-9,11,14,25H,10,12-13,15-17H2/b11-5-,22-21+. The van der Waals surface area contributed by atoms with Crippen LogP contribution in [0.3, 0.4) is 0 Å². The SMILES string of the molecule is O=C1/C2=C(\OCc3ccccc3)COC/C=C\N2NCN1CCc1cccc(F)c1. The lowest BCUT2D eigenvalue weighted by Gasteiger charge is -2.37. The number of nitrogens with zero attached hydrogens (tertiary/aromatic N) is 2. The Morgan fingerprint density at radius 1 is 1.10 bits per heavy atom. The summed E-state index contributed by atoms with van der Waals surface area (Å²) in [7, 11) is 0. The number of hydrogen-bond acceptors (Lipinski definition) is 5. The molecule has 2 aromatic rings. The second-order valence-corrected chi connectivity index (χ2v) is 7.08. The molecule has 2 aliphatic rings. The Morgan fingerprint density at radius 2 is 1.93 bits per heavy atom. The first kappa shape index (κ1) is 20.1. The van der Waals surface area contributed by atoms with Gasteiger partial charge in [0.1, 0.15) is 19.0 Å². The zero-order chi connectivity index (χ0) is 20.8. The number of hydrazine groups is 1. The van der Waals surface area contributed by atoms with E-state index < -0.39 is 0 Å². The van der Waals surface area contributed by atoms with E-state index in [1.807, 2.05) is 42.5 Å². The van der Waals surface area contributed by atoms with Crippen molar-refractivity contribution < 1.29 is 18.7 Å². The predicted octanol–water partition coefficient (Wildman–Crippen LogP) is 2.95. The summed E-state index contributed by atoms with van der Waals surface area (Å²) in [6.45, 7) is 1.80. The van der Waals surface area contributed by atoms with Crippen LogP contribution in [-0.4, -0.2) is 42.2 Å². The Balaban J connectivity index is 1.52. The monoisotopic (exact) mass is 409 g/mol. The molecular weight excluding hydrogens is 385 g/mol. The van der Waals surface area contributed by atoms with Gasteiger partial charge in [-0.2, -0.15) is 0 Å². The molecule has 2 aromatic carbocycles. The number of ether oxygens (including phenoxy) is 2. The van der Waals surface area contributed by atoms with Crippen molar-refractivity contribution in [3.05, 3.63) is 95.3 Å². The summed E-state index contributed by atoms with van der Waals surface area (Å²) < 4.78 is 25.1. The van der Waals surface area contributed by atoms with Gasteiger partial charge in [0.2, 0.25) is 0 Å². The predicted molar refractivity (Wildman–Crippen MR) is 110 cm³/mol. The van der Waals surface area contributed by atoms with Gasteiger partial charge in [-0.15, -0.1) is 0 Å².